The molecule has 78 valence electrons. The van der Waals surface area contributed by atoms with E-state index in [0.29, 0.717) is 0 Å². The van der Waals surface area contributed by atoms with Crippen molar-refractivity contribution in [2.24, 2.45) is 0 Å². The molecule has 1 aromatic rings. The van der Waals surface area contributed by atoms with E-state index in [2.05, 4.69) is 4.98 Å². The Morgan fingerprint density at radius 1 is 1.00 bits per heavy atom. The zero-order chi connectivity index (χ0) is 9.14. The predicted molar refractivity (Wildman–Crippen MR) is 42.9 cm³/mol. The molecule has 1 aromatic heterocycles. The van der Waals surface area contributed by atoms with Crippen molar-refractivity contribution in [2.45, 2.75) is 0 Å². The first-order valence-electron chi connectivity index (χ1n) is 3.01. The first-order valence-corrected chi connectivity index (χ1v) is 3.01. The van der Waals surface area contributed by atoms with E-state index in [9.17, 15) is 19.8 Å². The summed E-state index contributed by atoms with van der Waals surface area (Å²) in [6.45, 7) is 0. The van der Waals surface area contributed by atoms with E-state index in [1.54, 1.807) is 0 Å². The maximum atomic E-state index is 10.2. The van der Waals surface area contributed by atoms with Crippen LogP contribution in [0.25, 0.3) is 0 Å². The summed E-state index contributed by atoms with van der Waals surface area (Å²) in [5.74, 6) is -3.03. The normalized spacial score (nSPS) is 7.47. The van der Waals surface area contributed by atoms with Crippen LogP contribution in [0.2, 0.25) is 0 Å². The molecule has 0 saturated carbocycles. The van der Waals surface area contributed by atoms with E-state index in [1.807, 2.05) is 0 Å². The minimum absolute atomic E-state index is 0. The van der Waals surface area contributed by atoms with Gasteiger partial charge in [-0.25, -0.2) is 4.98 Å². The molecule has 0 saturated heterocycles. The molecule has 0 spiro atoms. The van der Waals surface area contributed by atoms with Gasteiger partial charge in [0.2, 0.25) is 0 Å². The maximum Gasteiger partial charge on any atom is 2.00 e. The Morgan fingerprint density at radius 2 is 1.33 bits per heavy atom. The molecule has 6 N–H and O–H groups in total. The molecule has 0 aliphatic heterocycles. The molecule has 15 heavy (non-hydrogen) atoms. The number of aromatic nitrogens is 1. The fourth-order valence-corrected chi connectivity index (χ4v) is 0.662. The average molecular weight is 265 g/mol. The monoisotopic (exact) mass is 263 g/mol. The van der Waals surface area contributed by atoms with Gasteiger partial charge < -0.3 is 32.1 Å². The van der Waals surface area contributed by atoms with Crippen molar-refractivity contribution >= 4 is 11.9 Å². The van der Waals surface area contributed by atoms with Gasteiger partial charge in [-0.1, -0.05) is 6.07 Å². The summed E-state index contributed by atoms with van der Waals surface area (Å²) in [5, 5.41) is 20.4. The average Bonchev–Trinajstić information content (AvgIpc) is 2.04. The van der Waals surface area contributed by atoms with E-state index >= 15 is 0 Å². The van der Waals surface area contributed by atoms with Gasteiger partial charge in [0, 0.05) is 0 Å². The number of nitrogens with zero attached hydrogens (tertiary/aromatic N) is 1. The fraction of sp³-hybridized carbons (Fsp3) is 0. The second-order valence-corrected chi connectivity index (χ2v) is 1.98. The molecule has 1 heterocycles. The number of aromatic carboxylic acids is 2. The van der Waals surface area contributed by atoms with Crippen LogP contribution in [-0.4, -0.2) is 16.9 Å². The van der Waals surface area contributed by atoms with Crippen LogP contribution in [0.15, 0.2) is 18.2 Å². The van der Waals surface area contributed by atoms with Crippen molar-refractivity contribution in [1.29, 1.82) is 0 Å². The van der Waals surface area contributed by atoms with Crippen molar-refractivity contribution in [3.8, 4) is 0 Å². The summed E-state index contributed by atoms with van der Waals surface area (Å²) < 4.78 is 0. The van der Waals surface area contributed by atoms with Gasteiger partial charge in [-0.2, -0.15) is 0 Å². The van der Waals surface area contributed by atoms with Gasteiger partial charge in [0.05, 0.1) is 23.3 Å². The van der Waals surface area contributed by atoms with Crippen LogP contribution in [0.3, 0.4) is 0 Å². The van der Waals surface area contributed by atoms with Crippen molar-refractivity contribution in [1.82, 2.24) is 17.3 Å². The summed E-state index contributed by atoms with van der Waals surface area (Å²) >= 11 is 0. The van der Waals surface area contributed by atoms with E-state index < -0.39 is 23.3 Å². The van der Waals surface area contributed by atoms with E-state index in [-0.39, 0.29) is 31.8 Å². The number of carboxylic acids is 2. The molecule has 0 aliphatic rings. The molecule has 0 atom stereocenters. The Hall–Kier alpha value is -1.37. The molecule has 7 nitrogen and oxygen atoms in total. The van der Waals surface area contributed by atoms with Crippen LogP contribution in [-0.2, 0) is 19.5 Å². The standard InChI is InChI=1S/C7H5NO4.2H3N.Zn/c9-6(10)4-2-1-3-5(8-4)7(11)12;;;/h1-3H,(H,9,10)(H,11,12);2*1H3;/q;;;+2/p-2. The van der Waals surface area contributed by atoms with Crippen molar-refractivity contribution in [3.63, 3.8) is 0 Å². The Labute approximate surface area is 98.4 Å². The van der Waals surface area contributed by atoms with E-state index in [1.165, 1.54) is 6.07 Å². The molecule has 1 rings (SSSR count). The number of hydrogen-bond donors (Lipinski definition) is 2. The summed E-state index contributed by atoms with van der Waals surface area (Å²) in [5.41, 5.74) is -0.839. The van der Waals surface area contributed by atoms with Crippen molar-refractivity contribution in [2.75, 3.05) is 0 Å². The quantitative estimate of drug-likeness (QED) is 0.591. The minimum Gasteiger partial charge on any atom is -0.543 e. The van der Waals surface area contributed by atoms with E-state index in [4.69, 9.17) is 0 Å². The number of pyridine rings is 1. The largest absolute Gasteiger partial charge is 2.00 e. The SMILES string of the molecule is N.N.O=C([O-])c1cccc(C(=O)[O-])n1.[Zn+2]. The summed E-state index contributed by atoms with van der Waals surface area (Å²) in [7, 11) is 0. The van der Waals surface area contributed by atoms with Crippen LogP contribution in [0.5, 0.6) is 0 Å². The molecule has 0 radical (unpaired) electrons. The summed E-state index contributed by atoms with van der Waals surface area (Å²) in [4.78, 5) is 23.6. The van der Waals surface area contributed by atoms with Gasteiger partial charge in [-0.05, 0) is 12.1 Å². The second-order valence-electron chi connectivity index (χ2n) is 1.98. The van der Waals surface area contributed by atoms with Crippen LogP contribution < -0.4 is 22.5 Å². The zero-order valence-corrected chi connectivity index (χ0v) is 10.9. The second kappa shape index (κ2) is 7.98. The zero-order valence-electron chi connectivity index (χ0n) is 7.93. The minimum atomic E-state index is -1.52. The van der Waals surface area contributed by atoms with Crippen molar-refractivity contribution in [3.05, 3.63) is 29.6 Å². The van der Waals surface area contributed by atoms with Crippen LogP contribution in [0.1, 0.15) is 21.0 Å². The van der Waals surface area contributed by atoms with Gasteiger partial charge >= 0.3 is 19.5 Å². The molecule has 0 aromatic carbocycles. The number of carbonyl (C=O) groups is 2. The first-order chi connectivity index (χ1) is 5.61. The van der Waals surface area contributed by atoms with Gasteiger partial charge in [0.15, 0.2) is 0 Å². The van der Waals surface area contributed by atoms with Crippen LogP contribution in [0.4, 0.5) is 0 Å². The predicted octanol–water partition coefficient (Wildman–Crippen LogP) is -1.87. The molecule has 0 aliphatic carbocycles. The number of carboxylic acid groups (broad SMARTS) is 2. The maximum absolute atomic E-state index is 10.2. The number of carbonyl (C=O) groups excluding carboxylic acids is 2. The molecule has 0 unspecified atom stereocenters. The third-order valence-corrected chi connectivity index (χ3v) is 1.17. The molecular formula is C7H9N3O4Zn. The Morgan fingerprint density at radius 3 is 1.60 bits per heavy atom. The molecule has 0 amide bonds. The van der Waals surface area contributed by atoms with Gasteiger partial charge in [-0.3, -0.25) is 0 Å². The van der Waals surface area contributed by atoms with Gasteiger partial charge in [0.1, 0.15) is 0 Å². The molecule has 8 heteroatoms. The smallest absolute Gasteiger partial charge is 0.543 e. The van der Waals surface area contributed by atoms with Crippen LogP contribution in [0, 0.1) is 0 Å². The Bertz CT molecular complexity index is 316. The first kappa shape index (κ1) is 19.2. The number of hydrogen-bond acceptors (Lipinski definition) is 7. The molecular weight excluding hydrogens is 255 g/mol. The Balaban J connectivity index is -0.000000480. The molecule has 0 fully saturated rings. The van der Waals surface area contributed by atoms with Gasteiger partial charge in [-0.15, -0.1) is 0 Å². The van der Waals surface area contributed by atoms with Crippen LogP contribution >= 0.6 is 0 Å². The van der Waals surface area contributed by atoms with Gasteiger partial charge in [0.25, 0.3) is 0 Å². The van der Waals surface area contributed by atoms with E-state index in [0.717, 1.165) is 12.1 Å². The summed E-state index contributed by atoms with van der Waals surface area (Å²) in [6.07, 6.45) is 0. The fourth-order valence-electron chi connectivity index (χ4n) is 0.662. The molecule has 0 bridgehead atoms. The third-order valence-electron chi connectivity index (χ3n) is 1.17. The summed E-state index contributed by atoms with van der Waals surface area (Å²) in [6, 6.07) is 3.53. The van der Waals surface area contributed by atoms with Crippen molar-refractivity contribution < 1.29 is 39.3 Å². The topological polar surface area (TPSA) is 163 Å². The Kier molecular flexibility index (Phi) is 10.2. The number of rotatable bonds is 2. The third kappa shape index (κ3) is 5.16.